The summed E-state index contributed by atoms with van der Waals surface area (Å²) in [5.41, 5.74) is 7.05. The summed E-state index contributed by atoms with van der Waals surface area (Å²) in [6.45, 7) is 2.71. The first-order valence-corrected chi connectivity index (χ1v) is 9.24. The average Bonchev–Trinajstić information content (AvgIpc) is 2.74. The van der Waals surface area contributed by atoms with Crippen molar-refractivity contribution in [2.75, 3.05) is 38.2 Å². The van der Waals surface area contributed by atoms with E-state index >= 15 is 0 Å². The van der Waals surface area contributed by atoms with Gasteiger partial charge in [0.1, 0.15) is 11.9 Å². The smallest absolute Gasteiger partial charge is 0.405 e. The number of hydrogen-bond acceptors (Lipinski definition) is 5. The summed E-state index contributed by atoms with van der Waals surface area (Å²) in [6, 6.07) is 17.1. The minimum atomic E-state index is -0.883. The van der Waals surface area contributed by atoms with E-state index in [1.165, 1.54) is 0 Å². The van der Waals surface area contributed by atoms with Gasteiger partial charge in [0.25, 0.3) is 0 Å². The van der Waals surface area contributed by atoms with Crippen LogP contribution in [-0.2, 0) is 9.53 Å². The molecule has 1 atom stereocenters. The van der Waals surface area contributed by atoms with E-state index in [-0.39, 0.29) is 12.3 Å². The number of nitrogens with zero attached hydrogens (tertiary/aromatic N) is 2. The third kappa shape index (κ3) is 4.94. The largest absolute Gasteiger partial charge is 0.497 e. The first kappa shape index (κ1) is 19.5. The van der Waals surface area contributed by atoms with Crippen LogP contribution in [0.2, 0.25) is 0 Å². The van der Waals surface area contributed by atoms with Crippen LogP contribution in [0.4, 0.5) is 10.5 Å². The van der Waals surface area contributed by atoms with Gasteiger partial charge in [0.2, 0.25) is 5.91 Å². The Morgan fingerprint density at radius 2 is 1.64 bits per heavy atom. The first-order chi connectivity index (χ1) is 13.6. The Bertz CT molecular complexity index is 787. The van der Waals surface area contributed by atoms with Crippen LogP contribution >= 0.6 is 0 Å². The van der Waals surface area contributed by atoms with E-state index in [4.69, 9.17) is 15.2 Å². The fraction of sp³-hybridized carbons (Fsp3) is 0.333. The van der Waals surface area contributed by atoms with Crippen molar-refractivity contribution in [2.45, 2.75) is 12.5 Å². The number of rotatable bonds is 6. The highest BCUT2D eigenvalue weighted by Crippen LogP contribution is 2.24. The van der Waals surface area contributed by atoms with Crippen molar-refractivity contribution in [2.24, 2.45) is 5.73 Å². The summed E-state index contributed by atoms with van der Waals surface area (Å²) in [7, 11) is 1.64. The average molecular weight is 383 g/mol. The number of hydrogen-bond donors (Lipinski definition) is 1. The maximum atomic E-state index is 12.7. The van der Waals surface area contributed by atoms with Crippen molar-refractivity contribution in [1.82, 2.24) is 4.90 Å². The number of benzene rings is 2. The summed E-state index contributed by atoms with van der Waals surface area (Å²) < 4.78 is 10.4. The van der Waals surface area contributed by atoms with Crippen molar-refractivity contribution in [1.29, 1.82) is 0 Å². The second-order valence-corrected chi connectivity index (χ2v) is 6.61. The molecule has 3 rings (SSSR count). The zero-order chi connectivity index (χ0) is 19.9. The molecule has 0 saturated carbocycles. The SMILES string of the molecule is COc1ccc(N2CCN(C(=O)C[C@@H](OC(N)=O)c3ccccc3)CC2)cc1. The standard InChI is InChI=1S/C21H25N3O4/c1-27-18-9-7-17(8-10-18)23-11-13-24(14-12-23)20(25)15-19(28-21(22)26)16-5-3-2-4-6-16/h2-10,19H,11-15H2,1H3,(H2,22,26)/t19-/m1/s1. The number of anilines is 1. The molecular weight excluding hydrogens is 358 g/mol. The summed E-state index contributed by atoms with van der Waals surface area (Å²) in [5.74, 6) is 0.767. The molecule has 0 spiro atoms. The van der Waals surface area contributed by atoms with Gasteiger partial charge in [-0.2, -0.15) is 0 Å². The summed E-state index contributed by atoms with van der Waals surface area (Å²) in [6.07, 6.45) is -1.48. The van der Waals surface area contributed by atoms with Gasteiger partial charge in [0.15, 0.2) is 0 Å². The van der Waals surface area contributed by atoms with Crippen molar-refractivity contribution in [3.63, 3.8) is 0 Å². The lowest BCUT2D eigenvalue weighted by Crippen LogP contribution is -2.49. The molecule has 148 valence electrons. The second kappa shape index (κ2) is 9.12. The molecule has 2 N–H and O–H groups in total. The Labute approximate surface area is 164 Å². The van der Waals surface area contributed by atoms with Crippen LogP contribution in [0.1, 0.15) is 18.1 Å². The van der Waals surface area contributed by atoms with Gasteiger partial charge < -0.3 is 25.0 Å². The number of nitrogens with two attached hydrogens (primary N) is 1. The summed E-state index contributed by atoms with van der Waals surface area (Å²) >= 11 is 0. The van der Waals surface area contributed by atoms with Crippen molar-refractivity contribution < 1.29 is 19.1 Å². The van der Waals surface area contributed by atoms with Crippen molar-refractivity contribution >= 4 is 17.7 Å². The molecule has 1 aliphatic heterocycles. The van der Waals surface area contributed by atoms with Crippen LogP contribution in [0.3, 0.4) is 0 Å². The Balaban J connectivity index is 1.58. The molecule has 1 heterocycles. The van der Waals surface area contributed by atoms with Gasteiger partial charge in [-0.1, -0.05) is 30.3 Å². The fourth-order valence-corrected chi connectivity index (χ4v) is 3.33. The van der Waals surface area contributed by atoms with Gasteiger partial charge in [-0.15, -0.1) is 0 Å². The van der Waals surface area contributed by atoms with Crippen LogP contribution in [-0.4, -0.2) is 50.2 Å². The molecule has 1 saturated heterocycles. The van der Waals surface area contributed by atoms with Gasteiger partial charge >= 0.3 is 6.09 Å². The number of piperazine rings is 1. The highest BCUT2D eigenvalue weighted by atomic mass is 16.6. The third-order valence-electron chi connectivity index (χ3n) is 4.86. The minimum absolute atomic E-state index is 0.0514. The predicted octanol–water partition coefficient (Wildman–Crippen LogP) is 2.57. The summed E-state index contributed by atoms with van der Waals surface area (Å²) in [4.78, 5) is 28.0. The number of ether oxygens (including phenoxy) is 2. The molecule has 1 aliphatic rings. The highest BCUT2D eigenvalue weighted by molar-refractivity contribution is 5.78. The number of primary amides is 1. The van der Waals surface area contributed by atoms with Crippen LogP contribution in [0.15, 0.2) is 54.6 Å². The van der Waals surface area contributed by atoms with E-state index in [1.807, 2.05) is 54.6 Å². The molecule has 0 aromatic heterocycles. The van der Waals surface area contributed by atoms with E-state index < -0.39 is 12.2 Å². The Morgan fingerprint density at radius 3 is 2.21 bits per heavy atom. The van der Waals surface area contributed by atoms with Gasteiger partial charge in [0, 0.05) is 31.9 Å². The molecule has 0 radical (unpaired) electrons. The Morgan fingerprint density at radius 1 is 1.00 bits per heavy atom. The normalized spacial score (nSPS) is 15.0. The lowest BCUT2D eigenvalue weighted by atomic mass is 10.1. The molecule has 7 nitrogen and oxygen atoms in total. The number of carbonyl (C=O) groups is 2. The fourth-order valence-electron chi connectivity index (χ4n) is 3.33. The number of amides is 2. The molecule has 7 heteroatoms. The van der Waals surface area contributed by atoms with Crippen LogP contribution in [0, 0.1) is 0 Å². The van der Waals surface area contributed by atoms with E-state index in [9.17, 15) is 9.59 Å². The molecule has 0 unspecified atom stereocenters. The lowest BCUT2D eigenvalue weighted by Gasteiger charge is -2.36. The molecule has 0 bridgehead atoms. The highest BCUT2D eigenvalue weighted by Gasteiger charge is 2.26. The molecule has 0 aliphatic carbocycles. The first-order valence-electron chi connectivity index (χ1n) is 9.24. The van der Waals surface area contributed by atoms with E-state index in [0.717, 1.165) is 30.1 Å². The van der Waals surface area contributed by atoms with E-state index in [1.54, 1.807) is 12.0 Å². The van der Waals surface area contributed by atoms with Gasteiger partial charge in [-0.05, 0) is 29.8 Å². The Hall–Kier alpha value is -3.22. The molecule has 28 heavy (non-hydrogen) atoms. The molecule has 2 amide bonds. The third-order valence-corrected chi connectivity index (χ3v) is 4.86. The minimum Gasteiger partial charge on any atom is -0.497 e. The van der Waals surface area contributed by atoms with Gasteiger partial charge in [0.05, 0.1) is 13.5 Å². The van der Waals surface area contributed by atoms with Crippen LogP contribution in [0.5, 0.6) is 5.75 Å². The zero-order valence-electron chi connectivity index (χ0n) is 15.9. The lowest BCUT2D eigenvalue weighted by molar-refractivity contribution is -0.133. The van der Waals surface area contributed by atoms with Gasteiger partial charge in [-0.3, -0.25) is 4.79 Å². The monoisotopic (exact) mass is 383 g/mol. The van der Waals surface area contributed by atoms with Crippen LogP contribution in [0.25, 0.3) is 0 Å². The quantitative estimate of drug-likeness (QED) is 0.829. The Kier molecular flexibility index (Phi) is 6.37. The molecular formula is C21H25N3O4. The van der Waals surface area contributed by atoms with Gasteiger partial charge in [-0.25, -0.2) is 4.79 Å². The number of methoxy groups -OCH3 is 1. The van der Waals surface area contributed by atoms with Crippen molar-refractivity contribution in [3.8, 4) is 5.75 Å². The molecule has 2 aromatic carbocycles. The maximum Gasteiger partial charge on any atom is 0.405 e. The van der Waals surface area contributed by atoms with E-state index in [0.29, 0.717) is 13.1 Å². The van der Waals surface area contributed by atoms with Crippen molar-refractivity contribution in [3.05, 3.63) is 60.2 Å². The molecule has 2 aromatic rings. The van der Waals surface area contributed by atoms with E-state index in [2.05, 4.69) is 4.90 Å². The number of carbonyl (C=O) groups excluding carboxylic acids is 2. The maximum absolute atomic E-state index is 12.7. The zero-order valence-corrected chi connectivity index (χ0v) is 15.9. The predicted molar refractivity (Wildman–Crippen MR) is 106 cm³/mol. The topological polar surface area (TPSA) is 85.1 Å². The van der Waals surface area contributed by atoms with Crippen LogP contribution < -0.4 is 15.4 Å². The molecule has 1 fully saturated rings. The second-order valence-electron chi connectivity index (χ2n) is 6.61. The summed E-state index contributed by atoms with van der Waals surface area (Å²) in [5, 5.41) is 0.